The second-order valence-electron chi connectivity index (χ2n) is 6.92. The molecule has 2 heterocycles. The van der Waals surface area contributed by atoms with E-state index < -0.39 is 6.10 Å². The highest BCUT2D eigenvalue weighted by Crippen LogP contribution is 2.33. The van der Waals surface area contributed by atoms with Crippen LogP contribution in [-0.4, -0.2) is 25.0 Å². The van der Waals surface area contributed by atoms with Gasteiger partial charge in [-0.3, -0.25) is 9.59 Å². The van der Waals surface area contributed by atoms with Gasteiger partial charge in [-0.25, -0.2) is 0 Å². The van der Waals surface area contributed by atoms with E-state index in [0.717, 1.165) is 11.1 Å². The molecule has 0 N–H and O–H groups in total. The van der Waals surface area contributed by atoms with Crippen molar-refractivity contribution in [3.8, 4) is 17.2 Å². The number of para-hydroxylation sites is 1. The zero-order valence-electron chi connectivity index (χ0n) is 16.3. The molecule has 0 aliphatic carbocycles. The molecule has 1 unspecified atom stereocenters. The van der Waals surface area contributed by atoms with Crippen LogP contribution >= 0.6 is 11.6 Å². The fourth-order valence-corrected chi connectivity index (χ4v) is 3.47. The Labute approximate surface area is 179 Å². The summed E-state index contributed by atoms with van der Waals surface area (Å²) in [5.74, 6) is 1.85. The van der Waals surface area contributed by atoms with Crippen molar-refractivity contribution < 1.29 is 23.8 Å². The van der Waals surface area contributed by atoms with Crippen LogP contribution < -0.4 is 14.2 Å². The zero-order chi connectivity index (χ0) is 21.1. The second-order valence-corrected chi connectivity index (χ2v) is 7.36. The Bertz CT molecular complexity index is 1060. The Morgan fingerprint density at radius 3 is 2.50 bits per heavy atom. The molecule has 2 aliphatic rings. The van der Waals surface area contributed by atoms with Gasteiger partial charge in [0, 0.05) is 23.1 Å². The van der Waals surface area contributed by atoms with Crippen LogP contribution in [0.3, 0.4) is 0 Å². The molecule has 30 heavy (non-hydrogen) atoms. The number of rotatable bonds is 3. The summed E-state index contributed by atoms with van der Waals surface area (Å²) < 4.78 is 15.7. The van der Waals surface area contributed by atoms with Gasteiger partial charge in [0.15, 0.2) is 6.10 Å². The van der Waals surface area contributed by atoms with Crippen LogP contribution in [0.1, 0.15) is 21.5 Å². The molecule has 152 valence electrons. The molecule has 5 rings (SSSR count). The Morgan fingerprint density at radius 1 is 1.00 bits per heavy atom. The molecule has 0 radical (unpaired) electrons. The molecule has 0 bridgehead atoms. The Hall–Kier alpha value is -3.31. The van der Waals surface area contributed by atoms with Gasteiger partial charge in [0.2, 0.25) is 5.78 Å². The van der Waals surface area contributed by atoms with Crippen LogP contribution in [0, 0.1) is 0 Å². The van der Waals surface area contributed by atoms with Crippen LogP contribution in [0.25, 0.3) is 0 Å². The number of benzene rings is 3. The third-order valence-electron chi connectivity index (χ3n) is 4.88. The normalized spacial score (nSPS) is 16.0. The lowest BCUT2D eigenvalue weighted by Crippen LogP contribution is -2.23. The third kappa shape index (κ3) is 4.31. The van der Waals surface area contributed by atoms with Crippen LogP contribution in [0.2, 0.25) is 5.02 Å². The first kappa shape index (κ1) is 20.0. The van der Waals surface area contributed by atoms with E-state index in [0.29, 0.717) is 40.7 Å². The van der Waals surface area contributed by atoms with E-state index in [-0.39, 0.29) is 11.8 Å². The fraction of sp³-hybridized carbons (Fsp3) is 0.167. The highest BCUT2D eigenvalue weighted by molar-refractivity contribution is 6.30. The average Bonchev–Trinajstić information content (AvgIpc) is 3.28. The molecule has 0 spiro atoms. The van der Waals surface area contributed by atoms with Crippen molar-refractivity contribution in [3.05, 3.63) is 88.4 Å². The van der Waals surface area contributed by atoms with E-state index in [1.54, 1.807) is 31.4 Å². The van der Waals surface area contributed by atoms with Gasteiger partial charge in [0.25, 0.3) is 0 Å². The van der Waals surface area contributed by atoms with Crippen molar-refractivity contribution in [1.82, 2.24) is 0 Å². The average molecular weight is 423 g/mol. The number of carbonyl (C=O) groups excluding carboxylic acids is 2. The largest absolute Gasteiger partial charge is 0.497 e. The maximum Gasteiger partial charge on any atom is 0.315 e. The van der Waals surface area contributed by atoms with E-state index in [4.69, 9.17) is 25.8 Å². The first-order valence-electron chi connectivity index (χ1n) is 9.45. The first-order chi connectivity index (χ1) is 14.5. The van der Waals surface area contributed by atoms with Gasteiger partial charge < -0.3 is 14.2 Å². The number of ketones is 1. The van der Waals surface area contributed by atoms with E-state index in [9.17, 15) is 9.59 Å². The number of halogens is 1. The van der Waals surface area contributed by atoms with Gasteiger partial charge >= 0.3 is 5.97 Å². The molecule has 2 aliphatic heterocycles. The minimum absolute atomic E-state index is 0.0117. The summed E-state index contributed by atoms with van der Waals surface area (Å²) in [6.45, 7) is 0. The second kappa shape index (κ2) is 8.59. The van der Waals surface area contributed by atoms with Crippen LogP contribution in [0.5, 0.6) is 17.2 Å². The quantitative estimate of drug-likeness (QED) is 0.453. The highest BCUT2D eigenvalue weighted by atomic mass is 35.5. The minimum Gasteiger partial charge on any atom is -0.497 e. The van der Waals surface area contributed by atoms with Crippen LogP contribution in [0.15, 0.2) is 66.7 Å². The van der Waals surface area contributed by atoms with E-state index in [2.05, 4.69) is 0 Å². The molecule has 0 saturated heterocycles. The summed E-state index contributed by atoms with van der Waals surface area (Å²) in [6.07, 6.45) is 0.488. The predicted molar refractivity (Wildman–Crippen MR) is 113 cm³/mol. The smallest absolute Gasteiger partial charge is 0.315 e. The van der Waals surface area contributed by atoms with Gasteiger partial charge in [-0.05, 0) is 35.9 Å². The van der Waals surface area contributed by atoms with Gasteiger partial charge in [-0.15, -0.1) is 0 Å². The number of methoxy groups -OCH3 is 1. The molecular weight excluding hydrogens is 404 g/mol. The van der Waals surface area contributed by atoms with Gasteiger partial charge in [0.05, 0.1) is 19.1 Å². The Morgan fingerprint density at radius 2 is 1.77 bits per heavy atom. The number of hydrogen-bond acceptors (Lipinski definition) is 5. The Kier molecular flexibility index (Phi) is 5.72. The molecule has 3 aromatic carbocycles. The molecule has 6 heteroatoms. The van der Waals surface area contributed by atoms with E-state index >= 15 is 0 Å². The summed E-state index contributed by atoms with van der Waals surface area (Å²) in [4.78, 5) is 23.0. The lowest BCUT2D eigenvalue weighted by Gasteiger charge is -2.09. The molecular formula is C24H19ClO5. The van der Waals surface area contributed by atoms with Gasteiger partial charge in [-0.1, -0.05) is 41.9 Å². The minimum atomic E-state index is -0.474. The van der Waals surface area contributed by atoms with Crippen molar-refractivity contribution >= 4 is 23.4 Å². The molecule has 0 saturated carbocycles. The fourth-order valence-electron chi connectivity index (χ4n) is 3.34. The van der Waals surface area contributed by atoms with Crippen LogP contribution in [-0.2, 0) is 17.6 Å². The van der Waals surface area contributed by atoms with Crippen molar-refractivity contribution in [2.24, 2.45) is 0 Å². The zero-order valence-corrected chi connectivity index (χ0v) is 17.0. The number of ether oxygens (including phenoxy) is 3. The molecule has 0 amide bonds. The highest BCUT2D eigenvalue weighted by Gasteiger charge is 2.32. The van der Waals surface area contributed by atoms with Crippen molar-refractivity contribution in [2.75, 3.05) is 7.11 Å². The molecule has 1 atom stereocenters. The van der Waals surface area contributed by atoms with Crippen molar-refractivity contribution in [3.63, 3.8) is 0 Å². The lowest BCUT2D eigenvalue weighted by molar-refractivity contribution is -0.131. The van der Waals surface area contributed by atoms with E-state index in [1.807, 2.05) is 42.5 Å². The van der Waals surface area contributed by atoms with Gasteiger partial charge in [0.1, 0.15) is 17.2 Å². The van der Waals surface area contributed by atoms with Crippen molar-refractivity contribution in [2.45, 2.75) is 18.9 Å². The predicted octanol–water partition coefficient (Wildman–Crippen LogP) is 4.68. The monoisotopic (exact) mass is 422 g/mol. The van der Waals surface area contributed by atoms with Gasteiger partial charge in [-0.2, -0.15) is 0 Å². The maximum absolute atomic E-state index is 12.3. The molecule has 0 aromatic heterocycles. The number of Topliss-reactive ketones (excluding diaryl/α,β-unsaturated/α-hetero) is 1. The first-order valence-corrected chi connectivity index (χ1v) is 9.83. The third-order valence-corrected chi connectivity index (χ3v) is 5.13. The molecule has 5 nitrogen and oxygen atoms in total. The summed E-state index contributed by atoms with van der Waals surface area (Å²) in [5, 5.41) is 0.681. The molecule has 0 fully saturated rings. The number of esters is 1. The summed E-state index contributed by atoms with van der Waals surface area (Å²) >= 11 is 5.85. The number of fused-ring (bicyclic) bond motifs is 2. The molecule has 3 aromatic rings. The van der Waals surface area contributed by atoms with Crippen molar-refractivity contribution in [1.29, 1.82) is 0 Å². The standard InChI is InChI=1S/C16H13ClO3.C8H6O2/c1-19-12-6-7-13-14(9-12)20-15(16(13)18)8-10-2-4-11(17)5-3-10;9-8-5-6-3-1-2-4-7(6)10-8/h2-7,9,15H,8H2,1H3;1-4H,5H2. The SMILES string of the molecule is COc1ccc2c(c1)OC(Cc1ccc(Cl)cc1)C2=O.O=C1Cc2ccccc2O1. The number of hydrogen-bond donors (Lipinski definition) is 0. The summed E-state index contributed by atoms with van der Waals surface area (Å²) in [7, 11) is 1.59. The van der Waals surface area contributed by atoms with Crippen LogP contribution in [0.4, 0.5) is 0 Å². The maximum atomic E-state index is 12.3. The Balaban J connectivity index is 0.000000181. The number of carbonyl (C=O) groups is 2. The summed E-state index contributed by atoms with van der Waals surface area (Å²) in [5.41, 5.74) is 2.63. The summed E-state index contributed by atoms with van der Waals surface area (Å²) in [6, 6.07) is 20.2. The van der Waals surface area contributed by atoms with E-state index in [1.165, 1.54) is 0 Å². The lowest BCUT2D eigenvalue weighted by atomic mass is 10.0. The topological polar surface area (TPSA) is 61.8 Å².